The Morgan fingerprint density at radius 1 is 1.50 bits per heavy atom. The van der Waals surface area contributed by atoms with Gasteiger partial charge in [-0.3, -0.25) is 4.79 Å². The van der Waals surface area contributed by atoms with Crippen LogP contribution in [0.15, 0.2) is 22.7 Å². The maximum Gasteiger partial charge on any atom is 0.307 e. The Balaban J connectivity index is 2.02. The summed E-state index contributed by atoms with van der Waals surface area (Å²) in [6.45, 7) is 0. The molecule has 1 saturated carbocycles. The Morgan fingerprint density at radius 2 is 2.31 bits per heavy atom. The van der Waals surface area contributed by atoms with Crippen LogP contribution in [0.4, 0.5) is 0 Å². The van der Waals surface area contributed by atoms with Crippen LogP contribution in [0.5, 0.6) is 0 Å². The molecule has 1 aliphatic carbocycles. The van der Waals surface area contributed by atoms with Crippen molar-refractivity contribution in [2.45, 2.75) is 25.2 Å². The molecule has 4 nitrogen and oxygen atoms in total. The summed E-state index contributed by atoms with van der Waals surface area (Å²) in [5.74, 6) is -0.284. The minimum atomic E-state index is -0.832. The van der Waals surface area contributed by atoms with E-state index in [9.17, 15) is 4.79 Å². The van der Waals surface area contributed by atoms with E-state index in [1.165, 1.54) is 12.8 Å². The van der Waals surface area contributed by atoms with Crippen molar-refractivity contribution in [3.8, 4) is 0 Å². The molecule has 4 heteroatoms. The average Bonchev–Trinajstić information content (AvgIpc) is 2.98. The molecule has 1 heterocycles. The molecule has 1 aliphatic rings. The zero-order chi connectivity index (χ0) is 11.1. The van der Waals surface area contributed by atoms with E-state index >= 15 is 0 Å². The Labute approximate surface area is 91.9 Å². The normalized spacial score (nSPS) is 15.5. The SMILES string of the molecule is O=C(O)Cc1ccc2c(C3CC3)noc2c1. The lowest BCUT2D eigenvalue weighted by molar-refractivity contribution is -0.136. The summed E-state index contributed by atoms with van der Waals surface area (Å²) in [6, 6.07) is 5.51. The van der Waals surface area contributed by atoms with Gasteiger partial charge in [0.2, 0.25) is 0 Å². The number of rotatable bonds is 3. The first kappa shape index (κ1) is 9.39. The number of aliphatic carboxylic acids is 1. The number of aromatic nitrogens is 1. The highest BCUT2D eigenvalue weighted by atomic mass is 16.5. The highest BCUT2D eigenvalue weighted by molar-refractivity contribution is 5.82. The number of carbonyl (C=O) groups is 1. The van der Waals surface area contributed by atoms with Crippen molar-refractivity contribution in [1.82, 2.24) is 5.16 Å². The van der Waals surface area contributed by atoms with Crippen LogP contribution in [0.2, 0.25) is 0 Å². The first-order chi connectivity index (χ1) is 7.74. The van der Waals surface area contributed by atoms with Gasteiger partial charge in [0.05, 0.1) is 12.1 Å². The number of nitrogens with zero attached hydrogens (tertiary/aromatic N) is 1. The van der Waals surface area contributed by atoms with Crippen molar-refractivity contribution < 1.29 is 14.4 Å². The number of hydrogen-bond acceptors (Lipinski definition) is 3. The first-order valence-electron chi connectivity index (χ1n) is 5.34. The monoisotopic (exact) mass is 217 g/mol. The molecule has 16 heavy (non-hydrogen) atoms. The van der Waals surface area contributed by atoms with Crippen LogP contribution in [0.3, 0.4) is 0 Å². The lowest BCUT2D eigenvalue weighted by Crippen LogP contribution is -1.99. The predicted octanol–water partition coefficient (Wildman–Crippen LogP) is 2.33. The summed E-state index contributed by atoms with van der Waals surface area (Å²) in [4.78, 5) is 10.6. The molecule has 1 N–H and O–H groups in total. The third-order valence-electron chi connectivity index (χ3n) is 2.88. The summed E-state index contributed by atoms with van der Waals surface area (Å²) in [6.07, 6.45) is 2.38. The molecule has 0 radical (unpaired) electrons. The smallest absolute Gasteiger partial charge is 0.307 e. The molecule has 0 bridgehead atoms. The standard InChI is InChI=1S/C12H11NO3/c14-11(15)6-7-1-4-9-10(5-7)16-13-12(9)8-2-3-8/h1,4-5,8H,2-3,6H2,(H,14,15). The second-order valence-corrected chi connectivity index (χ2v) is 4.24. The summed E-state index contributed by atoms with van der Waals surface area (Å²) in [7, 11) is 0. The molecular formula is C12H11NO3. The number of carboxylic acid groups (broad SMARTS) is 1. The Hall–Kier alpha value is -1.84. The largest absolute Gasteiger partial charge is 0.481 e. The summed E-state index contributed by atoms with van der Waals surface area (Å²) < 4.78 is 5.23. The van der Waals surface area contributed by atoms with E-state index in [4.69, 9.17) is 9.63 Å². The minimum absolute atomic E-state index is 0.0232. The summed E-state index contributed by atoms with van der Waals surface area (Å²) in [5.41, 5.74) is 2.47. The number of carboxylic acids is 1. The van der Waals surface area contributed by atoms with Crippen molar-refractivity contribution in [3.63, 3.8) is 0 Å². The lowest BCUT2D eigenvalue weighted by atomic mass is 10.1. The number of hydrogen-bond donors (Lipinski definition) is 1. The van der Waals surface area contributed by atoms with Gasteiger partial charge in [0, 0.05) is 11.3 Å². The van der Waals surface area contributed by atoms with Gasteiger partial charge in [0.1, 0.15) is 0 Å². The zero-order valence-electron chi connectivity index (χ0n) is 8.64. The van der Waals surface area contributed by atoms with Gasteiger partial charge in [-0.1, -0.05) is 11.2 Å². The van der Waals surface area contributed by atoms with Gasteiger partial charge >= 0.3 is 5.97 Å². The van der Waals surface area contributed by atoms with E-state index in [1.807, 2.05) is 12.1 Å². The highest BCUT2D eigenvalue weighted by Crippen LogP contribution is 2.42. The molecule has 0 aliphatic heterocycles. The van der Waals surface area contributed by atoms with Crippen molar-refractivity contribution in [2.75, 3.05) is 0 Å². The summed E-state index contributed by atoms with van der Waals surface area (Å²) >= 11 is 0. The van der Waals surface area contributed by atoms with E-state index in [2.05, 4.69) is 5.16 Å². The van der Waals surface area contributed by atoms with Crippen molar-refractivity contribution in [2.24, 2.45) is 0 Å². The van der Waals surface area contributed by atoms with Gasteiger partial charge in [0.25, 0.3) is 0 Å². The van der Waals surface area contributed by atoms with Crippen LogP contribution in [-0.4, -0.2) is 16.2 Å². The van der Waals surface area contributed by atoms with E-state index in [0.29, 0.717) is 11.5 Å². The Morgan fingerprint density at radius 3 is 3.00 bits per heavy atom. The molecule has 82 valence electrons. The number of benzene rings is 1. The van der Waals surface area contributed by atoms with Gasteiger partial charge in [-0.25, -0.2) is 0 Å². The van der Waals surface area contributed by atoms with Gasteiger partial charge in [-0.15, -0.1) is 0 Å². The van der Waals surface area contributed by atoms with E-state index in [-0.39, 0.29) is 6.42 Å². The van der Waals surface area contributed by atoms with Gasteiger partial charge in [-0.05, 0) is 30.5 Å². The highest BCUT2D eigenvalue weighted by Gasteiger charge is 2.28. The van der Waals surface area contributed by atoms with Gasteiger partial charge < -0.3 is 9.63 Å². The van der Waals surface area contributed by atoms with Crippen LogP contribution in [0, 0.1) is 0 Å². The molecule has 0 atom stereocenters. The van der Waals surface area contributed by atoms with Crippen molar-refractivity contribution >= 4 is 16.9 Å². The fraction of sp³-hybridized carbons (Fsp3) is 0.333. The van der Waals surface area contributed by atoms with Crippen molar-refractivity contribution in [1.29, 1.82) is 0 Å². The second-order valence-electron chi connectivity index (χ2n) is 4.24. The van der Waals surface area contributed by atoms with Gasteiger partial charge in [0.15, 0.2) is 5.58 Å². The maximum atomic E-state index is 10.6. The minimum Gasteiger partial charge on any atom is -0.481 e. The third-order valence-corrected chi connectivity index (χ3v) is 2.88. The molecule has 1 aromatic carbocycles. The quantitative estimate of drug-likeness (QED) is 0.857. The predicted molar refractivity (Wildman–Crippen MR) is 57.3 cm³/mol. The molecule has 0 saturated heterocycles. The zero-order valence-corrected chi connectivity index (χ0v) is 8.64. The van der Waals surface area contributed by atoms with E-state index in [1.54, 1.807) is 6.07 Å². The van der Waals surface area contributed by atoms with Gasteiger partial charge in [-0.2, -0.15) is 0 Å². The Bertz CT molecular complexity index is 554. The fourth-order valence-electron chi connectivity index (χ4n) is 1.94. The third kappa shape index (κ3) is 1.56. The van der Waals surface area contributed by atoms with Crippen LogP contribution >= 0.6 is 0 Å². The Kier molecular flexibility index (Phi) is 1.96. The van der Waals surface area contributed by atoms with E-state index < -0.39 is 5.97 Å². The molecule has 1 fully saturated rings. The molecule has 1 aromatic heterocycles. The summed E-state index contributed by atoms with van der Waals surface area (Å²) in [5, 5.41) is 13.8. The fourth-order valence-corrected chi connectivity index (χ4v) is 1.94. The lowest BCUT2D eigenvalue weighted by Gasteiger charge is -1.96. The molecule has 0 unspecified atom stereocenters. The topological polar surface area (TPSA) is 63.3 Å². The molecular weight excluding hydrogens is 206 g/mol. The van der Waals surface area contributed by atoms with Crippen LogP contribution < -0.4 is 0 Å². The van der Waals surface area contributed by atoms with Crippen LogP contribution in [0.25, 0.3) is 11.0 Å². The van der Waals surface area contributed by atoms with Crippen LogP contribution in [-0.2, 0) is 11.2 Å². The molecule has 3 rings (SSSR count). The van der Waals surface area contributed by atoms with Crippen molar-refractivity contribution in [3.05, 3.63) is 29.5 Å². The number of fused-ring (bicyclic) bond motifs is 1. The molecule has 2 aromatic rings. The first-order valence-corrected chi connectivity index (χ1v) is 5.34. The maximum absolute atomic E-state index is 10.6. The van der Waals surface area contributed by atoms with E-state index in [0.717, 1.165) is 16.6 Å². The average molecular weight is 217 g/mol. The van der Waals surface area contributed by atoms with Crippen LogP contribution in [0.1, 0.15) is 30.0 Å². The molecule has 0 spiro atoms. The second kappa shape index (κ2) is 3.33. The molecule has 0 amide bonds.